The molecule has 0 aromatic carbocycles. The fraction of sp³-hybridized carbons (Fsp3) is 0.471. The summed E-state index contributed by atoms with van der Waals surface area (Å²) >= 11 is 0. The Morgan fingerprint density at radius 1 is 1.46 bits per heavy atom. The number of nitrogens with two attached hydrogens (primary N) is 1. The van der Waals surface area contributed by atoms with Crippen LogP contribution in [0.5, 0.6) is 5.75 Å². The van der Waals surface area contributed by atoms with Crippen LogP contribution < -0.4 is 10.5 Å². The van der Waals surface area contributed by atoms with Gasteiger partial charge in [-0.05, 0) is 18.6 Å². The Labute approximate surface area is 141 Å². The number of carbonyl (C=O) groups is 1. The number of primary amides is 1. The quantitative estimate of drug-likeness (QED) is 0.853. The van der Waals surface area contributed by atoms with Crippen LogP contribution in [-0.4, -0.2) is 44.5 Å². The molecule has 7 heteroatoms. The Balaban J connectivity index is 1.66. The first-order chi connectivity index (χ1) is 11.6. The highest BCUT2D eigenvalue weighted by Crippen LogP contribution is 2.26. The number of piperidine rings is 1. The van der Waals surface area contributed by atoms with E-state index < -0.39 is 0 Å². The van der Waals surface area contributed by atoms with Gasteiger partial charge in [-0.15, -0.1) is 0 Å². The second-order valence-electron chi connectivity index (χ2n) is 6.25. The van der Waals surface area contributed by atoms with Gasteiger partial charge < -0.3 is 15.0 Å². The van der Waals surface area contributed by atoms with Gasteiger partial charge in [0.2, 0.25) is 5.91 Å². The van der Waals surface area contributed by atoms with E-state index in [4.69, 9.17) is 10.5 Å². The minimum absolute atomic E-state index is 0.0284. The van der Waals surface area contributed by atoms with E-state index in [1.165, 1.54) is 0 Å². The molecule has 3 rings (SSSR count). The maximum Gasteiger partial charge on any atom is 0.217 e. The van der Waals surface area contributed by atoms with Crippen LogP contribution in [0.15, 0.2) is 36.9 Å². The monoisotopic (exact) mass is 329 g/mol. The molecule has 0 unspecified atom stereocenters. The molecule has 2 N–H and O–H groups in total. The summed E-state index contributed by atoms with van der Waals surface area (Å²) in [6.45, 7) is 2.42. The van der Waals surface area contributed by atoms with Crippen molar-refractivity contribution in [3.63, 3.8) is 0 Å². The standard InChI is InChI=1S/C17H23N5O2/c1-21-8-6-20-17(21)12-22-7-4-15(13(11-22)9-16(18)23)24-14-3-2-5-19-10-14/h2-3,5-6,8,10,13,15H,4,7,9,11-12H2,1H3,(H2,18,23)/t13-,15-/m1/s1. The van der Waals surface area contributed by atoms with Gasteiger partial charge in [0, 0.05) is 51.1 Å². The molecule has 0 bridgehead atoms. The number of ether oxygens (including phenoxy) is 1. The number of amides is 1. The zero-order valence-corrected chi connectivity index (χ0v) is 13.8. The second-order valence-corrected chi connectivity index (χ2v) is 6.25. The van der Waals surface area contributed by atoms with Gasteiger partial charge in [-0.1, -0.05) is 0 Å². The van der Waals surface area contributed by atoms with Crippen molar-refractivity contribution in [2.75, 3.05) is 13.1 Å². The number of carbonyl (C=O) groups excluding carboxylic acids is 1. The lowest BCUT2D eigenvalue weighted by atomic mass is 9.91. The van der Waals surface area contributed by atoms with Crippen LogP contribution in [0.3, 0.4) is 0 Å². The topological polar surface area (TPSA) is 86.3 Å². The second kappa shape index (κ2) is 7.44. The van der Waals surface area contributed by atoms with Gasteiger partial charge in [-0.25, -0.2) is 4.98 Å². The first-order valence-corrected chi connectivity index (χ1v) is 8.15. The average Bonchev–Trinajstić information content (AvgIpc) is 2.95. The van der Waals surface area contributed by atoms with Gasteiger partial charge in [-0.2, -0.15) is 0 Å². The zero-order chi connectivity index (χ0) is 16.9. The molecule has 7 nitrogen and oxygen atoms in total. The van der Waals surface area contributed by atoms with Crippen molar-refractivity contribution in [3.05, 3.63) is 42.7 Å². The Bertz CT molecular complexity index is 673. The summed E-state index contributed by atoms with van der Waals surface area (Å²) in [6, 6.07) is 3.73. The van der Waals surface area contributed by atoms with Crippen LogP contribution in [0.1, 0.15) is 18.7 Å². The summed E-state index contributed by atoms with van der Waals surface area (Å²) < 4.78 is 8.07. The molecule has 0 aliphatic carbocycles. The highest BCUT2D eigenvalue weighted by atomic mass is 16.5. The summed E-state index contributed by atoms with van der Waals surface area (Å²) in [4.78, 5) is 22.2. The molecule has 128 valence electrons. The molecule has 1 aliphatic rings. The van der Waals surface area contributed by atoms with Crippen LogP contribution >= 0.6 is 0 Å². The zero-order valence-electron chi connectivity index (χ0n) is 13.8. The van der Waals surface area contributed by atoms with Gasteiger partial charge >= 0.3 is 0 Å². The van der Waals surface area contributed by atoms with Crippen molar-refractivity contribution >= 4 is 5.91 Å². The molecule has 2 aromatic rings. The van der Waals surface area contributed by atoms with Crippen molar-refractivity contribution in [2.45, 2.75) is 25.5 Å². The van der Waals surface area contributed by atoms with E-state index in [-0.39, 0.29) is 17.9 Å². The van der Waals surface area contributed by atoms with Crippen molar-refractivity contribution in [1.82, 2.24) is 19.4 Å². The minimum Gasteiger partial charge on any atom is -0.488 e. The first kappa shape index (κ1) is 16.4. The van der Waals surface area contributed by atoms with E-state index in [1.807, 2.05) is 29.9 Å². The molecule has 1 saturated heterocycles. The first-order valence-electron chi connectivity index (χ1n) is 8.15. The van der Waals surface area contributed by atoms with Crippen molar-refractivity contribution in [2.24, 2.45) is 18.7 Å². The lowest BCUT2D eigenvalue weighted by molar-refractivity contribution is -0.120. The fourth-order valence-electron chi connectivity index (χ4n) is 3.18. The molecule has 1 amide bonds. The summed E-state index contributed by atoms with van der Waals surface area (Å²) in [7, 11) is 1.99. The number of likely N-dealkylation sites (tertiary alicyclic amines) is 1. The molecule has 0 saturated carbocycles. The molecular weight excluding hydrogens is 306 g/mol. The van der Waals surface area contributed by atoms with Crippen LogP contribution in [-0.2, 0) is 18.4 Å². The lowest BCUT2D eigenvalue weighted by Crippen LogP contribution is -2.46. The summed E-state index contributed by atoms with van der Waals surface area (Å²) in [5, 5.41) is 0. The van der Waals surface area contributed by atoms with E-state index in [0.717, 1.165) is 37.6 Å². The minimum atomic E-state index is -0.293. The SMILES string of the molecule is Cn1ccnc1CN1CC[C@@H](Oc2cccnc2)[C@H](CC(N)=O)C1. The van der Waals surface area contributed by atoms with E-state index in [0.29, 0.717) is 6.42 Å². The van der Waals surface area contributed by atoms with Crippen molar-refractivity contribution in [1.29, 1.82) is 0 Å². The van der Waals surface area contributed by atoms with Gasteiger partial charge in [0.15, 0.2) is 0 Å². The molecule has 2 aromatic heterocycles. The third kappa shape index (κ3) is 4.11. The number of aromatic nitrogens is 3. The van der Waals surface area contributed by atoms with E-state index in [9.17, 15) is 4.79 Å². The van der Waals surface area contributed by atoms with Crippen LogP contribution in [0, 0.1) is 5.92 Å². The van der Waals surface area contributed by atoms with Gasteiger partial charge in [0.25, 0.3) is 0 Å². The molecule has 2 atom stereocenters. The number of aryl methyl sites for hydroxylation is 1. The highest BCUT2D eigenvalue weighted by molar-refractivity contribution is 5.74. The molecule has 0 spiro atoms. The Kier molecular flexibility index (Phi) is 5.10. The van der Waals surface area contributed by atoms with E-state index in [1.54, 1.807) is 18.6 Å². The number of imidazole rings is 1. The summed E-state index contributed by atoms with van der Waals surface area (Å²) in [5.41, 5.74) is 5.44. The maximum absolute atomic E-state index is 11.5. The normalized spacial score (nSPS) is 21.5. The van der Waals surface area contributed by atoms with Crippen molar-refractivity contribution < 1.29 is 9.53 Å². The van der Waals surface area contributed by atoms with E-state index in [2.05, 4.69) is 14.9 Å². The Hall–Kier alpha value is -2.41. The molecule has 24 heavy (non-hydrogen) atoms. The Morgan fingerprint density at radius 2 is 2.33 bits per heavy atom. The molecule has 0 radical (unpaired) electrons. The third-order valence-electron chi connectivity index (χ3n) is 4.42. The van der Waals surface area contributed by atoms with Crippen LogP contribution in [0.4, 0.5) is 0 Å². The smallest absolute Gasteiger partial charge is 0.217 e. The van der Waals surface area contributed by atoms with Gasteiger partial charge in [-0.3, -0.25) is 14.7 Å². The summed E-state index contributed by atoms with van der Waals surface area (Å²) in [6.07, 6.45) is 8.28. The molecule has 1 aliphatic heterocycles. The fourth-order valence-corrected chi connectivity index (χ4v) is 3.18. The third-order valence-corrected chi connectivity index (χ3v) is 4.42. The van der Waals surface area contributed by atoms with Crippen LogP contribution in [0.2, 0.25) is 0 Å². The summed E-state index contributed by atoms with van der Waals surface area (Å²) in [5.74, 6) is 1.52. The molecule has 1 fully saturated rings. The van der Waals surface area contributed by atoms with Gasteiger partial charge in [0.1, 0.15) is 17.7 Å². The number of nitrogens with zero attached hydrogens (tertiary/aromatic N) is 4. The Morgan fingerprint density at radius 3 is 3.00 bits per heavy atom. The van der Waals surface area contributed by atoms with Gasteiger partial charge in [0.05, 0.1) is 12.7 Å². The van der Waals surface area contributed by atoms with Crippen molar-refractivity contribution in [3.8, 4) is 5.75 Å². The average molecular weight is 329 g/mol. The van der Waals surface area contributed by atoms with E-state index >= 15 is 0 Å². The lowest BCUT2D eigenvalue weighted by Gasteiger charge is -2.37. The number of pyridine rings is 1. The number of rotatable bonds is 6. The highest BCUT2D eigenvalue weighted by Gasteiger charge is 2.32. The maximum atomic E-state index is 11.5. The number of hydrogen-bond acceptors (Lipinski definition) is 5. The predicted octanol–water partition coefficient (Wildman–Crippen LogP) is 0.960. The predicted molar refractivity (Wildman–Crippen MR) is 89.1 cm³/mol. The molecular formula is C17H23N5O2. The molecule has 3 heterocycles. The van der Waals surface area contributed by atoms with Crippen LogP contribution in [0.25, 0.3) is 0 Å². The number of hydrogen-bond donors (Lipinski definition) is 1. The largest absolute Gasteiger partial charge is 0.488 e.